The number of nitrogens with zero attached hydrogens (tertiary/aromatic N) is 2. The molecule has 0 radical (unpaired) electrons. The zero-order valence-corrected chi connectivity index (χ0v) is 22.7. The molecule has 33 heavy (non-hydrogen) atoms. The Morgan fingerprint density at radius 2 is 1.64 bits per heavy atom. The standard InChI is InChI=1S/C26H38N4O2.HI/c1-5-27-26(28-17-21(4)19-32-20-23-11-9-8-10-12-23)29-18-22-13-15-24(16-14-22)25(31)30(6-2)7-3;/h8-16,21H,5-7,17-20H2,1-4H3,(H2,27,28,29);1H. The maximum Gasteiger partial charge on any atom is 0.253 e. The van der Waals surface area contributed by atoms with Crippen LogP contribution in [-0.4, -0.2) is 49.6 Å². The molecule has 0 aliphatic heterocycles. The van der Waals surface area contributed by atoms with Gasteiger partial charge in [-0.2, -0.15) is 0 Å². The molecule has 1 atom stereocenters. The fraction of sp³-hybridized carbons (Fsp3) is 0.462. The highest BCUT2D eigenvalue weighted by molar-refractivity contribution is 14.0. The van der Waals surface area contributed by atoms with E-state index in [0.29, 0.717) is 25.7 Å². The van der Waals surface area contributed by atoms with Crippen LogP contribution < -0.4 is 10.6 Å². The summed E-state index contributed by atoms with van der Waals surface area (Å²) in [6, 6.07) is 17.9. The number of nitrogens with one attached hydrogen (secondary N) is 2. The van der Waals surface area contributed by atoms with Crippen molar-refractivity contribution in [3.8, 4) is 0 Å². The molecule has 0 aromatic heterocycles. The molecule has 0 aliphatic carbocycles. The number of hydrogen-bond donors (Lipinski definition) is 2. The van der Waals surface area contributed by atoms with Crippen LogP contribution in [0.25, 0.3) is 0 Å². The third-order valence-electron chi connectivity index (χ3n) is 5.15. The summed E-state index contributed by atoms with van der Waals surface area (Å²) in [5.74, 6) is 1.21. The Morgan fingerprint density at radius 1 is 0.970 bits per heavy atom. The van der Waals surface area contributed by atoms with Gasteiger partial charge in [-0.05, 0) is 49.9 Å². The number of aliphatic imine (C=N–C) groups is 1. The Kier molecular flexibility index (Phi) is 14.4. The van der Waals surface area contributed by atoms with Crippen LogP contribution in [-0.2, 0) is 17.9 Å². The van der Waals surface area contributed by atoms with E-state index in [1.165, 1.54) is 5.56 Å². The molecule has 0 aliphatic rings. The molecule has 0 fully saturated rings. The minimum Gasteiger partial charge on any atom is -0.376 e. The van der Waals surface area contributed by atoms with E-state index in [2.05, 4.69) is 41.6 Å². The maximum atomic E-state index is 12.4. The van der Waals surface area contributed by atoms with Crippen LogP contribution in [0.15, 0.2) is 59.6 Å². The van der Waals surface area contributed by atoms with Crippen molar-refractivity contribution in [2.45, 2.75) is 40.8 Å². The Balaban J connectivity index is 0.00000544. The average molecular weight is 567 g/mol. The lowest BCUT2D eigenvalue weighted by Gasteiger charge is -2.18. The van der Waals surface area contributed by atoms with Gasteiger partial charge in [-0.3, -0.25) is 4.79 Å². The number of hydrogen-bond acceptors (Lipinski definition) is 3. The van der Waals surface area contributed by atoms with Crippen LogP contribution in [0.5, 0.6) is 0 Å². The highest BCUT2D eigenvalue weighted by Gasteiger charge is 2.12. The first-order valence-electron chi connectivity index (χ1n) is 11.6. The van der Waals surface area contributed by atoms with Crippen LogP contribution in [0.2, 0.25) is 0 Å². The summed E-state index contributed by atoms with van der Waals surface area (Å²) in [6.07, 6.45) is 0. The van der Waals surface area contributed by atoms with Gasteiger partial charge in [0.25, 0.3) is 5.91 Å². The third-order valence-corrected chi connectivity index (χ3v) is 5.15. The number of guanidine groups is 1. The van der Waals surface area contributed by atoms with Crippen molar-refractivity contribution >= 4 is 35.8 Å². The molecule has 0 saturated heterocycles. The number of halogens is 1. The second kappa shape index (κ2) is 16.5. The highest BCUT2D eigenvalue weighted by Crippen LogP contribution is 2.09. The van der Waals surface area contributed by atoms with E-state index in [-0.39, 0.29) is 29.9 Å². The zero-order valence-electron chi connectivity index (χ0n) is 20.3. The summed E-state index contributed by atoms with van der Waals surface area (Å²) >= 11 is 0. The summed E-state index contributed by atoms with van der Waals surface area (Å²) in [6.45, 7) is 13.1. The monoisotopic (exact) mass is 566 g/mol. The number of carbonyl (C=O) groups is 1. The second-order valence-corrected chi connectivity index (χ2v) is 7.86. The van der Waals surface area contributed by atoms with Crippen molar-refractivity contribution in [1.29, 1.82) is 0 Å². The van der Waals surface area contributed by atoms with Crippen molar-refractivity contribution in [2.24, 2.45) is 10.9 Å². The summed E-state index contributed by atoms with van der Waals surface area (Å²) in [7, 11) is 0. The molecule has 0 bridgehead atoms. The number of ether oxygens (including phenoxy) is 1. The van der Waals surface area contributed by atoms with Gasteiger partial charge >= 0.3 is 0 Å². The topological polar surface area (TPSA) is 66.0 Å². The molecule has 2 aromatic carbocycles. The lowest BCUT2D eigenvalue weighted by Crippen LogP contribution is -2.40. The molecule has 7 heteroatoms. The quantitative estimate of drug-likeness (QED) is 0.222. The molecule has 2 aromatic rings. The highest BCUT2D eigenvalue weighted by atomic mass is 127. The van der Waals surface area contributed by atoms with E-state index >= 15 is 0 Å². The molecule has 0 heterocycles. The van der Waals surface area contributed by atoms with Gasteiger partial charge in [0.05, 0.1) is 19.8 Å². The van der Waals surface area contributed by atoms with Gasteiger partial charge in [-0.1, -0.05) is 49.4 Å². The third kappa shape index (κ3) is 10.6. The van der Waals surface area contributed by atoms with Crippen molar-refractivity contribution in [1.82, 2.24) is 15.5 Å². The van der Waals surface area contributed by atoms with Gasteiger partial charge in [-0.25, -0.2) is 4.99 Å². The number of carbonyl (C=O) groups excluding carboxylic acids is 1. The largest absolute Gasteiger partial charge is 0.376 e. The van der Waals surface area contributed by atoms with Crippen molar-refractivity contribution in [3.63, 3.8) is 0 Å². The predicted octanol–water partition coefficient (Wildman–Crippen LogP) is 4.69. The zero-order chi connectivity index (χ0) is 23.2. The van der Waals surface area contributed by atoms with Gasteiger partial charge in [0.15, 0.2) is 5.96 Å². The van der Waals surface area contributed by atoms with Crippen LogP contribution >= 0.6 is 24.0 Å². The fourth-order valence-corrected chi connectivity index (χ4v) is 3.24. The van der Waals surface area contributed by atoms with E-state index < -0.39 is 0 Å². The number of benzene rings is 2. The molecule has 0 saturated carbocycles. The number of amides is 1. The summed E-state index contributed by atoms with van der Waals surface area (Å²) in [4.78, 5) is 19.0. The minimum atomic E-state index is 0. The second-order valence-electron chi connectivity index (χ2n) is 7.86. The molecular weight excluding hydrogens is 527 g/mol. The van der Waals surface area contributed by atoms with E-state index in [1.807, 2.05) is 61.2 Å². The van der Waals surface area contributed by atoms with E-state index in [4.69, 9.17) is 4.74 Å². The first-order chi connectivity index (χ1) is 15.6. The Bertz CT molecular complexity index is 824. The van der Waals surface area contributed by atoms with Crippen LogP contribution in [0.4, 0.5) is 0 Å². The summed E-state index contributed by atoms with van der Waals surface area (Å²) in [5.41, 5.74) is 2.97. The predicted molar refractivity (Wildman–Crippen MR) is 147 cm³/mol. The van der Waals surface area contributed by atoms with E-state index in [1.54, 1.807) is 0 Å². The first-order valence-corrected chi connectivity index (χ1v) is 11.6. The Hall–Kier alpha value is -2.13. The molecule has 2 rings (SSSR count). The van der Waals surface area contributed by atoms with Crippen molar-refractivity contribution < 1.29 is 9.53 Å². The van der Waals surface area contributed by atoms with E-state index in [9.17, 15) is 4.79 Å². The molecule has 1 unspecified atom stereocenters. The molecule has 182 valence electrons. The van der Waals surface area contributed by atoms with Crippen LogP contribution in [0.3, 0.4) is 0 Å². The van der Waals surface area contributed by atoms with Crippen LogP contribution in [0, 0.1) is 5.92 Å². The van der Waals surface area contributed by atoms with Crippen LogP contribution in [0.1, 0.15) is 49.2 Å². The lowest BCUT2D eigenvalue weighted by atomic mass is 10.1. The first kappa shape index (κ1) is 28.9. The van der Waals surface area contributed by atoms with Gasteiger partial charge in [0.1, 0.15) is 0 Å². The molecule has 6 nitrogen and oxygen atoms in total. The van der Waals surface area contributed by atoms with Gasteiger partial charge in [-0.15, -0.1) is 24.0 Å². The van der Waals surface area contributed by atoms with Gasteiger partial charge in [0.2, 0.25) is 0 Å². The Morgan fingerprint density at radius 3 is 2.24 bits per heavy atom. The smallest absolute Gasteiger partial charge is 0.253 e. The number of rotatable bonds is 12. The van der Waals surface area contributed by atoms with Gasteiger partial charge in [0, 0.05) is 31.7 Å². The molecule has 2 N–H and O–H groups in total. The van der Waals surface area contributed by atoms with Crippen molar-refractivity contribution in [3.05, 3.63) is 71.3 Å². The van der Waals surface area contributed by atoms with Gasteiger partial charge < -0.3 is 20.3 Å². The SMILES string of the molecule is CCNC(=NCc1ccc(C(=O)N(CC)CC)cc1)NCC(C)COCc1ccccc1.I. The molecule has 0 spiro atoms. The molecular formula is C26H39IN4O2. The fourth-order valence-electron chi connectivity index (χ4n) is 3.24. The lowest BCUT2D eigenvalue weighted by molar-refractivity contribution is 0.0773. The minimum absolute atomic E-state index is 0. The normalized spacial score (nSPS) is 11.9. The average Bonchev–Trinajstić information content (AvgIpc) is 2.82. The summed E-state index contributed by atoms with van der Waals surface area (Å²) in [5, 5.41) is 6.68. The summed E-state index contributed by atoms with van der Waals surface area (Å²) < 4.78 is 5.84. The van der Waals surface area contributed by atoms with E-state index in [0.717, 1.165) is 43.3 Å². The van der Waals surface area contributed by atoms with Crippen molar-refractivity contribution in [2.75, 3.05) is 32.8 Å². The molecule has 1 amide bonds. The maximum absolute atomic E-state index is 12.4. The Labute approximate surface area is 216 Å².